The fourth-order valence-corrected chi connectivity index (χ4v) is 2.96. The van der Waals surface area contributed by atoms with Crippen LogP contribution in [0.2, 0.25) is 0 Å². The fourth-order valence-electron chi connectivity index (χ4n) is 2.96. The van der Waals surface area contributed by atoms with Crippen molar-refractivity contribution in [2.75, 3.05) is 12.2 Å². The summed E-state index contributed by atoms with van der Waals surface area (Å²) in [5.74, 6) is -3.16. The number of ether oxygens (including phenoxy) is 1. The van der Waals surface area contributed by atoms with Crippen LogP contribution in [0.5, 0.6) is 11.5 Å². The second-order valence-corrected chi connectivity index (χ2v) is 6.76. The standard InChI is InChI=1S/C23H19F3N2O4/c24-13-32-21-10-7-15(25)12-19(21)27-23(31)20(11-14-5-8-16(29)9-6-14)28-22(30)17-3-1-2-4-18(17)26/h1-10,12,20,29H,11,13H2,(H,27,31)(H,28,30). The number of amides is 2. The number of rotatable bonds is 8. The number of hydrogen-bond donors (Lipinski definition) is 3. The lowest BCUT2D eigenvalue weighted by molar-refractivity contribution is -0.118. The Labute approximate surface area is 181 Å². The van der Waals surface area contributed by atoms with E-state index in [1.165, 1.54) is 30.3 Å². The van der Waals surface area contributed by atoms with Crippen LogP contribution < -0.4 is 15.4 Å². The van der Waals surface area contributed by atoms with Crippen molar-refractivity contribution in [3.05, 3.63) is 89.5 Å². The van der Waals surface area contributed by atoms with Gasteiger partial charge in [-0.1, -0.05) is 24.3 Å². The topological polar surface area (TPSA) is 87.7 Å². The Morgan fingerprint density at radius 2 is 1.72 bits per heavy atom. The fraction of sp³-hybridized carbons (Fsp3) is 0.130. The van der Waals surface area contributed by atoms with Crippen LogP contribution in [0.25, 0.3) is 0 Å². The summed E-state index contributed by atoms with van der Waals surface area (Å²) in [7, 11) is 0. The largest absolute Gasteiger partial charge is 0.508 e. The zero-order valence-electron chi connectivity index (χ0n) is 16.6. The van der Waals surface area contributed by atoms with E-state index < -0.39 is 36.4 Å². The number of carbonyl (C=O) groups excluding carboxylic acids is 2. The Kier molecular flexibility index (Phi) is 7.33. The molecule has 0 aliphatic carbocycles. The van der Waals surface area contributed by atoms with Gasteiger partial charge >= 0.3 is 0 Å². The number of benzene rings is 3. The van der Waals surface area contributed by atoms with Crippen molar-refractivity contribution < 1.29 is 32.6 Å². The van der Waals surface area contributed by atoms with Gasteiger partial charge in [-0.3, -0.25) is 9.59 Å². The lowest BCUT2D eigenvalue weighted by Crippen LogP contribution is -2.45. The molecule has 166 valence electrons. The first-order chi connectivity index (χ1) is 15.4. The molecule has 0 saturated heterocycles. The zero-order valence-corrected chi connectivity index (χ0v) is 16.6. The summed E-state index contributed by atoms with van der Waals surface area (Å²) >= 11 is 0. The predicted molar refractivity (Wildman–Crippen MR) is 111 cm³/mol. The first-order valence-electron chi connectivity index (χ1n) is 9.50. The molecule has 0 bridgehead atoms. The highest BCUT2D eigenvalue weighted by Crippen LogP contribution is 2.26. The van der Waals surface area contributed by atoms with Crippen molar-refractivity contribution in [2.24, 2.45) is 0 Å². The summed E-state index contributed by atoms with van der Waals surface area (Å²) in [6, 6.07) is 13.1. The highest BCUT2D eigenvalue weighted by molar-refractivity contribution is 6.02. The average Bonchev–Trinajstić information content (AvgIpc) is 2.77. The molecule has 3 aromatic rings. The molecule has 0 aliphatic heterocycles. The van der Waals surface area contributed by atoms with E-state index in [2.05, 4.69) is 10.6 Å². The molecule has 9 heteroatoms. The summed E-state index contributed by atoms with van der Waals surface area (Å²) in [6.07, 6.45) is -0.0269. The Balaban J connectivity index is 1.86. The first kappa shape index (κ1) is 22.7. The van der Waals surface area contributed by atoms with E-state index in [0.29, 0.717) is 5.56 Å². The lowest BCUT2D eigenvalue weighted by atomic mass is 10.0. The van der Waals surface area contributed by atoms with Gasteiger partial charge in [-0.2, -0.15) is 0 Å². The molecule has 0 saturated carbocycles. The average molecular weight is 444 g/mol. The maximum atomic E-state index is 14.0. The number of nitrogens with one attached hydrogen (secondary N) is 2. The minimum absolute atomic E-state index is 0.0120. The van der Waals surface area contributed by atoms with Crippen molar-refractivity contribution in [2.45, 2.75) is 12.5 Å². The van der Waals surface area contributed by atoms with Crippen molar-refractivity contribution in [3.8, 4) is 11.5 Å². The normalized spacial score (nSPS) is 11.5. The molecular weight excluding hydrogens is 425 g/mol. The molecule has 0 aromatic heterocycles. The van der Waals surface area contributed by atoms with Crippen molar-refractivity contribution in [1.29, 1.82) is 0 Å². The van der Waals surface area contributed by atoms with Crippen LogP contribution in [-0.2, 0) is 11.2 Å². The number of aromatic hydroxyl groups is 1. The molecule has 1 atom stereocenters. The summed E-state index contributed by atoms with van der Waals surface area (Å²) in [5, 5.41) is 14.3. The SMILES string of the molecule is O=C(NC(Cc1ccc(O)cc1)C(=O)Nc1cc(F)ccc1OCF)c1ccccc1F. The number of phenols is 1. The van der Waals surface area contributed by atoms with Crippen LogP contribution in [0.3, 0.4) is 0 Å². The Hall–Kier alpha value is -4.01. The summed E-state index contributed by atoms with van der Waals surface area (Å²) in [5.41, 5.74) is 0.183. The van der Waals surface area contributed by atoms with Gasteiger partial charge in [0, 0.05) is 12.5 Å². The van der Waals surface area contributed by atoms with Crippen LogP contribution in [0.15, 0.2) is 66.7 Å². The third-order valence-corrected chi connectivity index (χ3v) is 4.53. The molecule has 3 rings (SSSR count). The van der Waals surface area contributed by atoms with Gasteiger partial charge in [0.25, 0.3) is 5.91 Å². The Bertz CT molecular complexity index is 1110. The minimum atomic E-state index is -1.21. The van der Waals surface area contributed by atoms with Crippen LogP contribution in [0, 0.1) is 11.6 Å². The van der Waals surface area contributed by atoms with Gasteiger partial charge in [-0.05, 0) is 42.0 Å². The second-order valence-electron chi connectivity index (χ2n) is 6.76. The highest BCUT2D eigenvalue weighted by Gasteiger charge is 2.24. The maximum Gasteiger partial charge on any atom is 0.254 e. The third kappa shape index (κ3) is 5.78. The maximum absolute atomic E-state index is 14.0. The van der Waals surface area contributed by atoms with E-state index in [-0.39, 0.29) is 29.2 Å². The van der Waals surface area contributed by atoms with Crippen LogP contribution in [-0.4, -0.2) is 29.8 Å². The molecule has 6 nitrogen and oxygen atoms in total. The highest BCUT2D eigenvalue weighted by atomic mass is 19.1. The van der Waals surface area contributed by atoms with Gasteiger partial charge < -0.3 is 20.5 Å². The lowest BCUT2D eigenvalue weighted by Gasteiger charge is -2.20. The van der Waals surface area contributed by atoms with Crippen molar-refractivity contribution in [3.63, 3.8) is 0 Å². The van der Waals surface area contributed by atoms with Gasteiger partial charge in [0.05, 0.1) is 11.3 Å². The van der Waals surface area contributed by atoms with Gasteiger partial charge in [0.2, 0.25) is 12.8 Å². The molecule has 2 amide bonds. The molecular formula is C23H19F3N2O4. The number of carbonyl (C=O) groups is 2. The number of anilines is 1. The molecule has 3 N–H and O–H groups in total. The predicted octanol–water partition coefficient (Wildman–Crippen LogP) is 3.96. The number of phenolic OH excluding ortho intramolecular Hbond substituents is 1. The quantitative estimate of drug-likeness (QED) is 0.491. The van der Waals surface area contributed by atoms with E-state index in [1.807, 2.05) is 0 Å². The number of hydrogen-bond acceptors (Lipinski definition) is 4. The van der Waals surface area contributed by atoms with Crippen molar-refractivity contribution in [1.82, 2.24) is 5.32 Å². The van der Waals surface area contributed by atoms with E-state index >= 15 is 0 Å². The van der Waals surface area contributed by atoms with E-state index in [0.717, 1.165) is 24.3 Å². The molecule has 0 aliphatic rings. The van der Waals surface area contributed by atoms with Gasteiger partial charge in [-0.15, -0.1) is 0 Å². The summed E-state index contributed by atoms with van der Waals surface area (Å²) in [4.78, 5) is 25.6. The van der Waals surface area contributed by atoms with Gasteiger partial charge in [-0.25, -0.2) is 13.2 Å². The van der Waals surface area contributed by atoms with Crippen LogP contribution in [0.4, 0.5) is 18.9 Å². The first-order valence-corrected chi connectivity index (χ1v) is 9.50. The molecule has 0 heterocycles. The van der Waals surface area contributed by atoms with Gasteiger partial charge in [0.15, 0.2) is 0 Å². The monoisotopic (exact) mass is 444 g/mol. The van der Waals surface area contributed by atoms with E-state index in [4.69, 9.17) is 4.74 Å². The summed E-state index contributed by atoms with van der Waals surface area (Å²) < 4.78 is 45.1. The molecule has 1 unspecified atom stereocenters. The van der Waals surface area contributed by atoms with Gasteiger partial charge in [0.1, 0.15) is 29.2 Å². The Morgan fingerprint density at radius 1 is 1.00 bits per heavy atom. The van der Waals surface area contributed by atoms with E-state index in [1.54, 1.807) is 12.1 Å². The number of halogens is 3. The van der Waals surface area contributed by atoms with Crippen LogP contribution >= 0.6 is 0 Å². The molecule has 3 aromatic carbocycles. The number of alkyl halides is 1. The van der Waals surface area contributed by atoms with Crippen molar-refractivity contribution >= 4 is 17.5 Å². The summed E-state index contributed by atoms with van der Waals surface area (Å²) in [6.45, 7) is -1.20. The Morgan fingerprint density at radius 3 is 2.41 bits per heavy atom. The molecule has 32 heavy (non-hydrogen) atoms. The molecule has 0 fully saturated rings. The third-order valence-electron chi connectivity index (χ3n) is 4.53. The minimum Gasteiger partial charge on any atom is -0.508 e. The smallest absolute Gasteiger partial charge is 0.254 e. The second kappa shape index (κ2) is 10.3. The molecule has 0 spiro atoms. The molecule has 0 radical (unpaired) electrons. The van der Waals surface area contributed by atoms with E-state index in [9.17, 15) is 27.9 Å². The zero-order chi connectivity index (χ0) is 23.1. The van der Waals surface area contributed by atoms with Crippen LogP contribution in [0.1, 0.15) is 15.9 Å².